The van der Waals surface area contributed by atoms with Gasteiger partial charge >= 0.3 is 0 Å². The van der Waals surface area contributed by atoms with Crippen LogP contribution in [0.2, 0.25) is 0 Å². The van der Waals surface area contributed by atoms with Gasteiger partial charge in [0.25, 0.3) is 0 Å². The average Bonchev–Trinajstić information content (AvgIpc) is 2.98. The van der Waals surface area contributed by atoms with E-state index < -0.39 is 5.41 Å². The molecule has 0 heterocycles. The van der Waals surface area contributed by atoms with E-state index in [2.05, 4.69) is 6.92 Å². The summed E-state index contributed by atoms with van der Waals surface area (Å²) in [5.41, 5.74) is 4.92. The van der Waals surface area contributed by atoms with Gasteiger partial charge in [-0.2, -0.15) is 0 Å². The maximum Gasteiger partial charge on any atom is 0.127 e. The molecular weight excluding hydrogens is 480 g/mol. The molecular formula is C36H28O3. The topological polar surface area (TPSA) is 60.7 Å². The molecule has 6 aromatic carbocycles. The van der Waals surface area contributed by atoms with Gasteiger partial charge in [0.2, 0.25) is 0 Å². The first kappa shape index (κ1) is 24.3. The summed E-state index contributed by atoms with van der Waals surface area (Å²) in [7, 11) is 0. The van der Waals surface area contributed by atoms with E-state index in [1.54, 1.807) is 12.1 Å². The lowest BCUT2D eigenvalue weighted by Gasteiger charge is -2.34. The largest absolute Gasteiger partial charge is 0.507 e. The second kappa shape index (κ2) is 9.70. The van der Waals surface area contributed by atoms with E-state index in [0.717, 1.165) is 38.6 Å². The fourth-order valence-corrected chi connectivity index (χ4v) is 5.53. The van der Waals surface area contributed by atoms with Gasteiger partial charge < -0.3 is 15.3 Å². The molecule has 6 rings (SSSR count). The van der Waals surface area contributed by atoms with Crippen molar-refractivity contribution in [2.45, 2.75) is 12.3 Å². The van der Waals surface area contributed by atoms with Crippen molar-refractivity contribution in [1.29, 1.82) is 0 Å². The predicted molar refractivity (Wildman–Crippen MR) is 158 cm³/mol. The Labute approximate surface area is 227 Å². The third kappa shape index (κ3) is 4.18. The lowest BCUT2D eigenvalue weighted by atomic mass is 9.69. The Hall–Kier alpha value is -5.02. The smallest absolute Gasteiger partial charge is 0.127 e. The van der Waals surface area contributed by atoms with Gasteiger partial charge in [-0.1, -0.05) is 109 Å². The molecule has 0 aliphatic rings. The highest BCUT2D eigenvalue weighted by Crippen LogP contribution is 2.48. The van der Waals surface area contributed by atoms with Crippen molar-refractivity contribution >= 4 is 10.8 Å². The third-order valence-electron chi connectivity index (χ3n) is 7.76. The van der Waals surface area contributed by atoms with E-state index in [1.807, 2.05) is 121 Å². The van der Waals surface area contributed by atoms with Crippen LogP contribution >= 0.6 is 0 Å². The maximum absolute atomic E-state index is 11.7. The van der Waals surface area contributed by atoms with E-state index in [0.29, 0.717) is 11.1 Å². The molecule has 0 spiro atoms. The molecule has 190 valence electrons. The monoisotopic (exact) mass is 508 g/mol. The highest BCUT2D eigenvalue weighted by molar-refractivity contribution is 5.90. The Bertz CT molecular complexity index is 1700. The van der Waals surface area contributed by atoms with Crippen LogP contribution in [0, 0.1) is 0 Å². The summed E-state index contributed by atoms with van der Waals surface area (Å²) in [5.74, 6) is 0.579. The Morgan fingerprint density at radius 3 is 1.51 bits per heavy atom. The van der Waals surface area contributed by atoms with Gasteiger partial charge in [-0.15, -0.1) is 0 Å². The molecule has 6 aromatic rings. The minimum Gasteiger partial charge on any atom is -0.507 e. The minimum atomic E-state index is -0.831. The van der Waals surface area contributed by atoms with Crippen LogP contribution in [0.1, 0.15) is 23.6 Å². The van der Waals surface area contributed by atoms with Crippen LogP contribution in [0.15, 0.2) is 133 Å². The summed E-state index contributed by atoms with van der Waals surface area (Å²) in [6.07, 6.45) is 0. The molecule has 0 aliphatic heterocycles. The number of phenolic OH excluding ortho intramolecular Hbond substituents is 3. The fourth-order valence-electron chi connectivity index (χ4n) is 5.53. The highest BCUT2D eigenvalue weighted by atomic mass is 16.3. The maximum atomic E-state index is 11.7. The number of rotatable bonds is 5. The first-order chi connectivity index (χ1) is 19.0. The number of aromatic hydroxyl groups is 3. The SMILES string of the molecule is CC(c1ccc(O)c(-c2ccccc2)c1)(c1ccc(O)c(-c2ccccc2)c1)c1ccc2ccccc2c1O. The molecule has 39 heavy (non-hydrogen) atoms. The van der Waals surface area contributed by atoms with Crippen LogP contribution in [0.4, 0.5) is 0 Å². The number of fused-ring (bicyclic) bond motifs is 1. The van der Waals surface area contributed by atoms with E-state index in [-0.39, 0.29) is 17.2 Å². The van der Waals surface area contributed by atoms with Gasteiger partial charge in [0.1, 0.15) is 17.2 Å². The Morgan fingerprint density at radius 1 is 0.487 bits per heavy atom. The van der Waals surface area contributed by atoms with Crippen molar-refractivity contribution in [3.63, 3.8) is 0 Å². The molecule has 0 fully saturated rings. The highest BCUT2D eigenvalue weighted by Gasteiger charge is 2.35. The minimum absolute atomic E-state index is 0.186. The summed E-state index contributed by atoms with van der Waals surface area (Å²) in [6, 6.07) is 42.6. The van der Waals surface area contributed by atoms with Gasteiger partial charge in [0.15, 0.2) is 0 Å². The molecule has 3 nitrogen and oxygen atoms in total. The first-order valence-electron chi connectivity index (χ1n) is 13.0. The third-order valence-corrected chi connectivity index (χ3v) is 7.76. The molecule has 0 radical (unpaired) electrons. The van der Waals surface area contributed by atoms with Crippen LogP contribution < -0.4 is 0 Å². The van der Waals surface area contributed by atoms with Crippen molar-refractivity contribution < 1.29 is 15.3 Å². The first-order valence-corrected chi connectivity index (χ1v) is 13.0. The van der Waals surface area contributed by atoms with Gasteiger partial charge in [-0.05, 0) is 58.8 Å². The van der Waals surface area contributed by atoms with Crippen LogP contribution in [-0.2, 0) is 5.41 Å². The molecule has 3 heteroatoms. The number of hydrogen-bond acceptors (Lipinski definition) is 3. The molecule has 0 saturated carbocycles. The average molecular weight is 509 g/mol. The zero-order valence-electron chi connectivity index (χ0n) is 21.5. The van der Waals surface area contributed by atoms with E-state index in [1.165, 1.54) is 0 Å². The Kier molecular flexibility index (Phi) is 6.05. The van der Waals surface area contributed by atoms with Crippen LogP contribution in [0.3, 0.4) is 0 Å². The molecule has 0 aliphatic carbocycles. The second-order valence-electron chi connectivity index (χ2n) is 10.0. The van der Waals surface area contributed by atoms with E-state index in [9.17, 15) is 15.3 Å². The van der Waals surface area contributed by atoms with Crippen molar-refractivity contribution in [3.8, 4) is 39.5 Å². The van der Waals surface area contributed by atoms with Crippen LogP contribution in [0.5, 0.6) is 17.2 Å². The van der Waals surface area contributed by atoms with Crippen LogP contribution in [0.25, 0.3) is 33.0 Å². The van der Waals surface area contributed by atoms with Gasteiger partial charge in [-0.25, -0.2) is 0 Å². The van der Waals surface area contributed by atoms with Crippen molar-refractivity contribution in [2.75, 3.05) is 0 Å². The molecule has 3 N–H and O–H groups in total. The Balaban J connectivity index is 1.65. The zero-order chi connectivity index (χ0) is 27.0. The fraction of sp³-hybridized carbons (Fsp3) is 0.0556. The Morgan fingerprint density at radius 2 is 0.974 bits per heavy atom. The van der Waals surface area contributed by atoms with E-state index >= 15 is 0 Å². The molecule has 0 aromatic heterocycles. The lowest BCUT2D eigenvalue weighted by Crippen LogP contribution is -2.25. The number of phenols is 3. The zero-order valence-corrected chi connectivity index (χ0v) is 21.5. The van der Waals surface area contributed by atoms with Gasteiger partial charge in [0.05, 0.1) is 0 Å². The molecule has 0 amide bonds. The molecule has 0 saturated heterocycles. The second-order valence-corrected chi connectivity index (χ2v) is 10.0. The van der Waals surface area contributed by atoms with Crippen molar-refractivity contribution in [1.82, 2.24) is 0 Å². The van der Waals surface area contributed by atoms with Gasteiger partial charge in [-0.3, -0.25) is 0 Å². The molecule has 0 atom stereocenters. The number of hydrogen-bond donors (Lipinski definition) is 3. The summed E-state index contributed by atoms with van der Waals surface area (Å²) < 4.78 is 0. The van der Waals surface area contributed by atoms with E-state index in [4.69, 9.17) is 0 Å². The number of benzene rings is 6. The van der Waals surface area contributed by atoms with Crippen molar-refractivity contribution in [3.05, 3.63) is 150 Å². The molecule has 0 unspecified atom stereocenters. The predicted octanol–water partition coefficient (Wildman–Crippen LogP) is 8.64. The summed E-state index contributed by atoms with van der Waals surface area (Å²) >= 11 is 0. The summed E-state index contributed by atoms with van der Waals surface area (Å²) in [6.45, 7) is 2.08. The standard InChI is InChI=1S/C36H28O3/c1-36(32-19-16-26-14-8-9-15-29(26)35(32)39,27-17-20-33(37)30(22-27)24-10-4-2-5-11-24)28-18-21-34(38)31(23-28)25-12-6-3-7-13-25/h2-23,37-39H,1H3. The van der Waals surface area contributed by atoms with Crippen LogP contribution in [-0.4, -0.2) is 15.3 Å². The summed E-state index contributed by atoms with van der Waals surface area (Å²) in [5, 5.41) is 35.1. The molecule has 0 bridgehead atoms. The normalized spacial score (nSPS) is 11.5. The quantitative estimate of drug-likeness (QED) is 0.204. The van der Waals surface area contributed by atoms with Gasteiger partial charge in [0, 0.05) is 27.5 Å². The summed E-state index contributed by atoms with van der Waals surface area (Å²) in [4.78, 5) is 0. The lowest BCUT2D eigenvalue weighted by molar-refractivity contribution is 0.463. The van der Waals surface area contributed by atoms with Crippen molar-refractivity contribution in [2.24, 2.45) is 0 Å².